The zero-order chi connectivity index (χ0) is 20.6. The molecule has 0 saturated heterocycles. The summed E-state index contributed by atoms with van der Waals surface area (Å²) in [5, 5.41) is 17.2. The van der Waals surface area contributed by atoms with E-state index in [2.05, 4.69) is 13.8 Å². The van der Waals surface area contributed by atoms with Gasteiger partial charge in [-0.15, -0.1) is 0 Å². The number of aliphatic carboxylic acids is 1. The van der Waals surface area contributed by atoms with E-state index in [4.69, 9.17) is 10.2 Å². The average molecular weight is 387 g/mol. The maximum absolute atomic E-state index is 10.4. The molecule has 0 radical (unpaired) electrons. The Morgan fingerprint density at radius 1 is 0.630 bits per heavy atom. The van der Waals surface area contributed by atoms with E-state index in [-0.39, 0.29) is 5.92 Å². The summed E-state index contributed by atoms with van der Waals surface area (Å²) in [4.78, 5) is 10.4. The molecule has 0 aliphatic rings. The Labute approximate surface area is 170 Å². The average Bonchev–Trinajstić information content (AvgIpc) is 2.66. The van der Waals surface area contributed by atoms with Crippen LogP contribution in [0.3, 0.4) is 0 Å². The van der Waals surface area contributed by atoms with Crippen molar-refractivity contribution in [1.29, 1.82) is 0 Å². The summed E-state index contributed by atoms with van der Waals surface area (Å²) in [6.07, 6.45) is 22.9. The van der Waals surface area contributed by atoms with Gasteiger partial charge in [0.05, 0.1) is 5.92 Å². The quantitative estimate of drug-likeness (QED) is 0.223. The fourth-order valence-electron chi connectivity index (χ4n) is 3.26. The largest absolute Gasteiger partial charge is 0.481 e. The number of hydrogen-bond acceptors (Lipinski definition) is 2. The number of aliphatic hydroxyl groups excluding tert-OH is 1. The van der Waals surface area contributed by atoms with Gasteiger partial charge in [0.2, 0.25) is 0 Å². The van der Waals surface area contributed by atoms with Gasteiger partial charge >= 0.3 is 5.97 Å². The molecule has 2 N–H and O–H groups in total. The third-order valence-electron chi connectivity index (χ3n) is 5.26. The molecule has 3 heteroatoms. The summed E-state index contributed by atoms with van der Waals surface area (Å²) in [7, 11) is 0. The lowest BCUT2D eigenvalue weighted by atomic mass is 10.00. The van der Waals surface area contributed by atoms with Gasteiger partial charge in [0.15, 0.2) is 0 Å². The SMILES string of the molecule is CCCCC(CC)C(=O)O.CCCCCCCCCCCCCCCCO. The molecular weight excluding hydrogens is 336 g/mol. The lowest BCUT2D eigenvalue weighted by Gasteiger charge is -2.06. The van der Waals surface area contributed by atoms with E-state index in [1.165, 1.54) is 83.5 Å². The van der Waals surface area contributed by atoms with Crippen LogP contribution in [0.25, 0.3) is 0 Å². The molecule has 0 aliphatic carbocycles. The summed E-state index contributed by atoms with van der Waals surface area (Å²) in [6.45, 7) is 6.65. The monoisotopic (exact) mass is 386 g/mol. The maximum Gasteiger partial charge on any atom is 0.306 e. The number of carbonyl (C=O) groups is 1. The molecule has 0 aromatic heterocycles. The number of aliphatic hydroxyl groups is 1. The molecule has 27 heavy (non-hydrogen) atoms. The van der Waals surface area contributed by atoms with E-state index in [0.29, 0.717) is 6.61 Å². The molecule has 0 bridgehead atoms. The predicted octanol–water partition coefficient (Wildman–Crippen LogP) is 7.75. The molecule has 0 spiro atoms. The van der Waals surface area contributed by atoms with Crippen molar-refractivity contribution in [3.8, 4) is 0 Å². The first-order valence-electron chi connectivity index (χ1n) is 12.0. The Kier molecular flexibility index (Phi) is 27.0. The number of hydrogen-bond donors (Lipinski definition) is 2. The first kappa shape index (κ1) is 28.6. The fourth-order valence-corrected chi connectivity index (χ4v) is 3.26. The molecule has 1 unspecified atom stereocenters. The van der Waals surface area contributed by atoms with Crippen LogP contribution in [0.5, 0.6) is 0 Å². The van der Waals surface area contributed by atoms with E-state index in [1.54, 1.807) is 0 Å². The van der Waals surface area contributed by atoms with E-state index >= 15 is 0 Å². The number of rotatable bonds is 19. The fraction of sp³-hybridized carbons (Fsp3) is 0.958. The van der Waals surface area contributed by atoms with Gasteiger partial charge in [0, 0.05) is 6.61 Å². The van der Waals surface area contributed by atoms with E-state index in [0.717, 1.165) is 32.1 Å². The van der Waals surface area contributed by atoms with Crippen LogP contribution in [0, 0.1) is 5.92 Å². The van der Waals surface area contributed by atoms with Crippen molar-refractivity contribution < 1.29 is 15.0 Å². The molecule has 164 valence electrons. The maximum atomic E-state index is 10.4. The standard InChI is InChI=1S/C16H34O.C8H16O2/c1-2-3-4-5-6-7-8-9-10-11-12-13-14-15-16-17;1-3-5-6-7(4-2)8(9)10/h17H,2-16H2,1H3;7H,3-6H2,1-2H3,(H,9,10). The van der Waals surface area contributed by atoms with Crippen molar-refractivity contribution in [2.24, 2.45) is 5.92 Å². The van der Waals surface area contributed by atoms with Crippen molar-refractivity contribution in [3.05, 3.63) is 0 Å². The topological polar surface area (TPSA) is 57.5 Å². The van der Waals surface area contributed by atoms with Crippen LogP contribution < -0.4 is 0 Å². The highest BCUT2D eigenvalue weighted by Gasteiger charge is 2.12. The van der Waals surface area contributed by atoms with Crippen molar-refractivity contribution in [2.45, 2.75) is 136 Å². The van der Waals surface area contributed by atoms with Gasteiger partial charge in [-0.1, -0.05) is 117 Å². The zero-order valence-corrected chi connectivity index (χ0v) is 18.8. The normalized spacial score (nSPS) is 11.7. The van der Waals surface area contributed by atoms with Gasteiger partial charge in [0.1, 0.15) is 0 Å². The second kappa shape index (κ2) is 25.4. The zero-order valence-electron chi connectivity index (χ0n) is 18.8. The van der Waals surface area contributed by atoms with E-state index in [1.807, 2.05) is 6.92 Å². The number of carboxylic acid groups (broad SMARTS) is 1. The third kappa shape index (κ3) is 25.4. The molecule has 0 aliphatic heterocycles. The van der Waals surface area contributed by atoms with Crippen LogP contribution in [0.2, 0.25) is 0 Å². The summed E-state index contributed by atoms with van der Waals surface area (Å²) >= 11 is 0. The van der Waals surface area contributed by atoms with Crippen molar-refractivity contribution in [3.63, 3.8) is 0 Å². The van der Waals surface area contributed by atoms with Crippen molar-refractivity contribution in [1.82, 2.24) is 0 Å². The van der Waals surface area contributed by atoms with E-state index in [9.17, 15) is 4.79 Å². The highest BCUT2D eigenvalue weighted by molar-refractivity contribution is 5.69. The molecule has 0 rings (SSSR count). The van der Waals surface area contributed by atoms with Crippen LogP contribution in [0.4, 0.5) is 0 Å². The molecule has 0 heterocycles. The van der Waals surface area contributed by atoms with Crippen molar-refractivity contribution in [2.75, 3.05) is 6.61 Å². The van der Waals surface area contributed by atoms with Gasteiger partial charge in [-0.3, -0.25) is 4.79 Å². The number of unbranched alkanes of at least 4 members (excludes halogenated alkanes) is 14. The summed E-state index contributed by atoms with van der Waals surface area (Å²) < 4.78 is 0. The second-order valence-electron chi connectivity index (χ2n) is 7.91. The lowest BCUT2D eigenvalue weighted by Crippen LogP contribution is -2.11. The summed E-state index contributed by atoms with van der Waals surface area (Å²) in [5.74, 6) is -0.754. The minimum atomic E-state index is -0.643. The Hall–Kier alpha value is -0.570. The predicted molar refractivity (Wildman–Crippen MR) is 118 cm³/mol. The smallest absolute Gasteiger partial charge is 0.306 e. The Bertz CT molecular complexity index is 265. The van der Waals surface area contributed by atoms with Gasteiger partial charge in [-0.05, 0) is 19.3 Å². The molecule has 0 amide bonds. The molecule has 0 saturated carbocycles. The molecule has 3 nitrogen and oxygen atoms in total. The van der Waals surface area contributed by atoms with Crippen LogP contribution in [0.1, 0.15) is 136 Å². The lowest BCUT2D eigenvalue weighted by molar-refractivity contribution is -0.142. The summed E-state index contributed by atoms with van der Waals surface area (Å²) in [6, 6.07) is 0. The Morgan fingerprint density at radius 2 is 1.00 bits per heavy atom. The van der Waals surface area contributed by atoms with Gasteiger partial charge in [-0.2, -0.15) is 0 Å². The third-order valence-corrected chi connectivity index (χ3v) is 5.26. The van der Waals surface area contributed by atoms with Crippen molar-refractivity contribution >= 4 is 5.97 Å². The van der Waals surface area contributed by atoms with Gasteiger partial charge in [0.25, 0.3) is 0 Å². The first-order valence-corrected chi connectivity index (χ1v) is 12.0. The van der Waals surface area contributed by atoms with E-state index < -0.39 is 5.97 Å². The molecule has 0 fully saturated rings. The molecule has 1 atom stereocenters. The summed E-state index contributed by atoms with van der Waals surface area (Å²) in [5.41, 5.74) is 0. The van der Waals surface area contributed by atoms with Crippen LogP contribution in [0.15, 0.2) is 0 Å². The van der Waals surface area contributed by atoms with Gasteiger partial charge < -0.3 is 10.2 Å². The Morgan fingerprint density at radius 3 is 1.30 bits per heavy atom. The van der Waals surface area contributed by atoms with Gasteiger partial charge in [-0.25, -0.2) is 0 Å². The van der Waals surface area contributed by atoms with Crippen LogP contribution in [-0.2, 0) is 4.79 Å². The van der Waals surface area contributed by atoms with Crippen LogP contribution in [-0.4, -0.2) is 22.8 Å². The first-order chi connectivity index (χ1) is 13.1. The molecular formula is C24H50O3. The highest BCUT2D eigenvalue weighted by Crippen LogP contribution is 2.13. The van der Waals surface area contributed by atoms with Crippen LogP contribution >= 0.6 is 0 Å². The highest BCUT2D eigenvalue weighted by atomic mass is 16.4. The minimum absolute atomic E-state index is 0.111. The minimum Gasteiger partial charge on any atom is -0.481 e. The molecule has 0 aromatic carbocycles. The second-order valence-corrected chi connectivity index (χ2v) is 7.91. The Balaban J connectivity index is 0. The number of carboxylic acids is 1. The molecule has 0 aromatic rings.